The fraction of sp³-hybridized carbons (Fsp3) is 0.208. The minimum atomic E-state index is -1.38. The van der Waals surface area contributed by atoms with Gasteiger partial charge < -0.3 is 59.3 Å². The molecule has 66 heavy (non-hydrogen) atoms. The van der Waals surface area contributed by atoms with Gasteiger partial charge in [0.25, 0.3) is 0 Å². The SMILES string of the molecule is O=C([O-])Cc1cc2c(O)c(c1)Cc1cc(CC(=O)[O-])cc3c1OCc1cccc(n1)-c1cccc(n1)COc1c(cc(CC(=O)[O-])cc1Cc1cc(CC(=O)[O-])cc(c1O)C3)C2.[Na+].[Na+].[Na+].[Na+]. The summed E-state index contributed by atoms with van der Waals surface area (Å²) < 4.78 is 13.2. The van der Waals surface area contributed by atoms with Crippen LogP contribution in [0.2, 0.25) is 0 Å². The molecule has 0 saturated carbocycles. The molecule has 1 aliphatic carbocycles. The molecule has 4 heterocycles. The maximum Gasteiger partial charge on any atom is 1.00 e. The number of benzene rings is 4. The second kappa shape index (κ2) is 24.0. The predicted molar refractivity (Wildman–Crippen MR) is 211 cm³/mol. The number of pyridine rings is 2. The van der Waals surface area contributed by atoms with Crippen LogP contribution < -0.4 is 148 Å². The normalized spacial score (nSPS) is 12.2. The summed E-state index contributed by atoms with van der Waals surface area (Å²) in [5.41, 5.74) is 5.73. The Labute approximate surface area is 468 Å². The van der Waals surface area contributed by atoms with Crippen molar-refractivity contribution in [3.63, 3.8) is 0 Å². The van der Waals surface area contributed by atoms with E-state index in [2.05, 4.69) is 0 Å². The van der Waals surface area contributed by atoms with Crippen molar-refractivity contribution < 1.29 is 178 Å². The first-order valence-corrected chi connectivity index (χ1v) is 19.7. The molecular weight excluding hydrogens is 888 g/mol. The maximum atomic E-state index is 12.1. The van der Waals surface area contributed by atoms with Crippen LogP contribution >= 0.6 is 0 Å². The number of phenols is 2. The van der Waals surface area contributed by atoms with E-state index >= 15 is 0 Å². The smallest absolute Gasteiger partial charge is 0.550 e. The average molecular weight is 925 g/mol. The quantitative estimate of drug-likeness (QED) is 0.135. The van der Waals surface area contributed by atoms with Crippen LogP contribution in [0.25, 0.3) is 11.4 Å². The van der Waals surface area contributed by atoms with Crippen LogP contribution in [0.4, 0.5) is 0 Å². The molecule has 2 N–H and O–H groups in total. The number of carboxylic acid groups (broad SMARTS) is 4. The first kappa shape index (κ1) is 54.9. The van der Waals surface area contributed by atoms with Crippen LogP contribution in [0.3, 0.4) is 0 Å². The van der Waals surface area contributed by atoms with Crippen molar-refractivity contribution in [1.29, 1.82) is 0 Å². The number of carboxylic acids is 4. The van der Waals surface area contributed by atoms with Crippen molar-refractivity contribution in [3.8, 4) is 34.4 Å². The summed E-state index contributed by atoms with van der Waals surface area (Å²) in [5.74, 6) is -5.47. The van der Waals surface area contributed by atoms with Gasteiger partial charge in [-0.2, -0.15) is 0 Å². The zero-order valence-electron chi connectivity index (χ0n) is 37.0. The Kier molecular flexibility index (Phi) is 20.0. The summed E-state index contributed by atoms with van der Waals surface area (Å²) in [5, 5.41) is 72.4. The number of carbonyl (C=O) groups excluding carboxylic acids is 4. The van der Waals surface area contributed by atoms with Gasteiger partial charge in [-0.15, -0.1) is 0 Å². The van der Waals surface area contributed by atoms with E-state index in [1.54, 1.807) is 60.7 Å². The van der Waals surface area contributed by atoms with Gasteiger partial charge in [0.2, 0.25) is 0 Å². The molecule has 9 rings (SSSR count). The maximum absolute atomic E-state index is 12.1. The Bertz CT molecular complexity index is 2550. The van der Waals surface area contributed by atoms with Gasteiger partial charge in [0.15, 0.2) is 0 Å². The molecule has 2 aromatic heterocycles. The summed E-state index contributed by atoms with van der Waals surface area (Å²) in [7, 11) is 0. The monoisotopic (exact) mass is 924 g/mol. The van der Waals surface area contributed by atoms with Crippen LogP contribution in [0, 0.1) is 0 Å². The van der Waals surface area contributed by atoms with E-state index in [4.69, 9.17) is 19.4 Å². The molecule has 0 saturated heterocycles. The molecule has 0 radical (unpaired) electrons. The molecule has 0 fully saturated rings. The molecule has 18 heteroatoms. The molecule has 14 bridgehead atoms. The van der Waals surface area contributed by atoms with Gasteiger partial charge >= 0.3 is 118 Å². The van der Waals surface area contributed by atoms with Gasteiger partial charge in [-0.1, -0.05) is 60.7 Å². The van der Waals surface area contributed by atoms with E-state index < -0.39 is 49.6 Å². The van der Waals surface area contributed by atoms with Crippen molar-refractivity contribution in [3.05, 3.63) is 163 Å². The first-order chi connectivity index (χ1) is 29.7. The number of carbonyl (C=O) groups is 4. The number of hydrogen-bond donors (Lipinski definition) is 2. The van der Waals surface area contributed by atoms with Crippen molar-refractivity contribution in [2.24, 2.45) is 0 Å². The summed E-state index contributed by atoms with van der Waals surface area (Å²) in [6.07, 6.45) is -2.56. The Hall–Kier alpha value is -3.74. The van der Waals surface area contributed by atoms with E-state index in [9.17, 15) is 49.8 Å². The largest absolute Gasteiger partial charge is 1.00 e. The molecule has 0 atom stereocenters. The van der Waals surface area contributed by atoms with Gasteiger partial charge in [0.1, 0.15) is 36.2 Å². The van der Waals surface area contributed by atoms with Crippen LogP contribution in [0.1, 0.15) is 78.1 Å². The fourth-order valence-corrected chi connectivity index (χ4v) is 8.35. The molecule has 14 nitrogen and oxygen atoms in total. The predicted octanol–water partition coefficient (Wildman–Crippen LogP) is -11.1. The second-order valence-corrected chi connectivity index (χ2v) is 15.5. The number of ether oxygens (including phenoxy) is 2. The number of aromatic hydroxyl groups is 2. The van der Waals surface area contributed by atoms with Gasteiger partial charge in [0, 0.05) is 75.2 Å². The van der Waals surface area contributed by atoms with Crippen molar-refractivity contribution in [1.82, 2.24) is 9.97 Å². The molecular formula is C48H36N2Na4O12. The standard InChI is InChI=1S/C48H40N2O12.4Na/c51-41(52)15-25-7-29-19-33-11-27(17-43(55)56)12-34-20-30-8-26(16-42(53)54)10-32(46(30)60)22-36-14-28(18-44(57)58)13-35(21-31(9-25)45(29)59)48(36)62-24-38-4-2-6-40(50-38)39-5-1-3-37(49-39)23-61-47(33)34;;;;/h1-14,59-60H,15-24H2,(H,51,52)(H,53,54)(H,55,56)(H,57,58);;;;/q;4*+1/p-4. The van der Waals surface area contributed by atoms with Gasteiger partial charge in [-0.05, 0) is 91.0 Å². The number of aliphatic carboxylic acids is 4. The van der Waals surface area contributed by atoms with E-state index in [0.29, 0.717) is 56.2 Å². The third kappa shape index (κ3) is 13.3. The summed E-state index contributed by atoms with van der Waals surface area (Å²) >= 11 is 0. The van der Waals surface area contributed by atoms with Crippen LogP contribution in [-0.2, 0) is 83.8 Å². The molecule has 4 aromatic carbocycles. The summed E-state index contributed by atoms with van der Waals surface area (Å²) in [6.45, 7) is -0.211. The minimum absolute atomic E-state index is 0. The number of phenolic OH excluding ortho intramolecular Hbond substituents is 2. The van der Waals surface area contributed by atoms with E-state index in [1.165, 1.54) is 24.3 Å². The number of nitrogens with zero attached hydrogens (tertiary/aromatic N) is 2. The fourth-order valence-electron chi connectivity index (χ4n) is 8.35. The molecule has 3 aliphatic rings. The van der Waals surface area contributed by atoms with Crippen molar-refractivity contribution in [2.45, 2.75) is 64.6 Å². The van der Waals surface area contributed by atoms with Gasteiger partial charge in [-0.25, -0.2) is 9.97 Å². The molecule has 2 aliphatic heterocycles. The Morgan fingerprint density at radius 1 is 0.439 bits per heavy atom. The molecule has 6 aromatic rings. The van der Waals surface area contributed by atoms with E-state index in [-0.39, 0.29) is 214 Å². The zero-order valence-corrected chi connectivity index (χ0v) is 45.0. The number of hydrogen-bond acceptors (Lipinski definition) is 14. The van der Waals surface area contributed by atoms with Crippen LogP contribution in [0.5, 0.6) is 23.0 Å². The van der Waals surface area contributed by atoms with E-state index in [1.807, 2.05) is 0 Å². The molecule has 0 amide bonds. The first-order valence-electron chi connectivity index (χ1n) is 19.7. The minimum Gasteiger partial charge on any atom is -0.550 e. The number of aromatic nitrogens is 2. The summed E-state index contributed by atoms with van der Waals surface area (Å²) in [6, 6.07) is 23.1. The topological polar surface area (TPSA) is 245 Å². The third-order valence-corrected chi connectivity index (χ3v) is 10.8. The zero-order chi connectivity index (χ0) is 43.7. The van der Waals surface area contributed by atoms with E-state index in [0.717, 1.165) is 0 Å². The average Bonchev–Trinajstić information content (AvgIpc) is 3.19. The molecule has 0 unspecified atom stereocenters. The third-order valence-electron chi connectivity index (χ3n) is 10.8. The number of fused-ring (bicyclic) bond motifs is 2. The van der Waals surface area contributed by atoms with Gasteiger partial charge in [-0.3, -0.25) is 0 Å². The second-order valence-electron chi connectivity index (χ2n) is 15.5. The number of rotatable bonds is 8. The summed E-state index contributed by atoms with van der Waals surface area (Å²) in [4.78, 5) is 57.8. The Morgan fingerprint density at radius 2 is 0.697 bits per heavy atom. The molecule has 314 valence electrons. The van der Waals surface area contributed by atoms with Crippen LogP contribution in [-0.4, -0.2) is 44.1 Å². The Balaban J connectivity index is 0.00000238. The van der Waals surface area contributed by atoms with Crippen molar-refractivity contribution in [2.75, 3.05) is 0 Å². The van der Waals surface area contributed by atoms with Crippen molar-refractivity contribution >= 4 is 23.9 Å². The van der Waals surface area contributed by atoms with Gasteiger partial charge in [0.05, 0.1) is 22.8 Å². The molecule has 0 spiro atoms. The van der Waals surface area contributed by atoms with Crippen LogP contribution in [0.15, 0.2) is 84.9 Å². The Morgan fingerprint density at radius 3 is 0.955 bits per heavy atom.